The first kappa shape index (κ1) is 28.9. The molecule has 5 rings (SSSR count). The number of carbonyl (C=O) groups excluding carboxylic acids is 3. The van der Waals surface area contributed by atoms with Gasteiger partial charge >= 0.3 is 11.9 Å². The number of rotatable bonds is 4. The maximum atomic E-state index is 17.5. The van der Waals surface area contributed by atoms with Crippen molar-refractivity contribution in [1.29, 1.82) is 5.26 Å². The van der Waals surface area contributed by atoms with Gasteiger partial charge in [0.2, 0.25) is 5.60 Å². The number of halogens is 2. The molecule has 0 saturated heterocycles. The predicted molar refractivity (Wildman–Crippen MR) is 140 cm³/mol. The molecule has 0 amide bonds. The summed E-state index contributed by atoms with van der Waals surface area (Å²) in [5.41, 5.74) is -7.91. The highest BCUT2D eigenvalue weighted by Gasteiger charge is 2.80. The summed E-state index contributed by atoms with van der Waals surface area (Å²) < 4.78 is 44.9. The number of ketones is 1. The zero-order chi connectivity index (χ0) is 29.8. The zero-order valence-corrected chi connectivity index (χ0v) is 24.2. The van der Waals surface area contributed by atoms with E-state index in [4.69, 9.17) is 14.7 Å². The number of esters is 2. The number of carbonyl (C=O) groups is 3. The van der Waals surface area contributed by atoms with Crippen LogP contribution in [0.25, 0.3) is 0 Å². The van der Waals surface area contributed by atoms with Crippen LogP contribution in [0.5, 0.6) is 0 Å². The van der Waals surface area contributed by atoms with Gasteiger partial charge in [0.05, 0.1) is 12.0 Å². The minimum absolute atomic E-state index is 0.0109. The van der Waals surface area contributed by atoms with Gasteiger partial charge in [-0.2, -0.15) is 5.26 Å². The van der Waals surface area contributed by atoms with Crippen LogP contribution in [0.1, 0.15) is 67.7 Å². The largest absolute Gasteiger partial charge is 0.447 e. The van der Waals surface area contributed by atoms with Crippen LogP contribution >= 0.6 is 0 Å². The van der Waals surface area contributed by atoms with E-state index in [0.29, 0.717) is 0 Å². The summed E-state index contributed by atoms with van der Waals surface area (Å²) in [6.07, 6.45) is 0.0707. The number of hydrogen-bond acceptors (Lipinski definition) is 7. The highest BCUT2D eigenvalue weighted by molar-refractivity contribution is 6.01. The van der Waals surface area contributed by atoms with Crippen molar-refractivity contribution in [3.63, 3.8) is 0 Å². The topological polar surface area (TPSA) is 114 Å². The molecule has 7 nitrogen and oxygen atoms in total. The molecule has 5 aliphatic rings. The first-order chi connectivity index (χ1) is 18.4. The van der Waals surface area contributed by atoms with Crippen molar-refractivity contribution in [2.45, 2.75) is 91.3 Å². The van der Waals surface area contributed by atoms with Gasteiger partial charge in [0, 0.05) is 22.7 Å². The molecular weight excluding hydrogens is 520 g/mol. The van der Waals surface area contributed by atoms with Crippen molar-refractivity contribution in [1.82, 2.24) is 0 Å². The first-order valence-corrected chi connectivity index (χ1v) is 14.1. The van der Waals surface area contributed by atoms with Crippen LogP contribution in [-0.2, 0) is 23.9 Å². The number of ether oxygens (including phenoxy) is 2. The van der Waals surface area contributed by atoms with Crippen molar-refractivity contribution >= 4 is 17.7 Å². The van der Waals surface area contributed by atoms with E-state index in [0.717, 1.165) is 6.08 Å². The Morgan fingerprint density at radius 3 is 2.33 bits per heavy atom. The Kier molecular flexibility index (Phi) is 6.12. The van der Waals surface area contributed by atoms with Crippen molar-refractivity contribution in [3.8, 4) is 6.07 Å². The maximum absolute atomic E-state index is 17.5. The third-order valence-electron chi connectivity index (χ3n) is 12.3. The SMILES string of the molecule is C[C@@H]1C[C@@H]2[C@@H]3C[C@H](F)C4=CC(=O)C=C[C@@]4(C)[C@]3(F)[C@H](O)C[C@@]2(C)[C@@]1(OC(=O)C1C(C)(C)C1(C)C)C(=O)OCC#N. The molecule has 4 saturated carbocycles. The van der Waals surface area contributed by atoms with Crippen molar-refractivity contribution in [2.24, 2.45) is 45.3 Å². The highest BCUT2D eigenvalue weighted by atomic mass is 19.1. The lowest BCUT2D eigenvalue weighted by molar-refractivity contribution is -0.239. The van der Waals surface area contributed by atoms with Gasteiger partial charge in [0.15, 0.2) is 18.1 Å². The molecule has 0 aromatic rings. The molecule has 4 fully saturated rings. The molecule has 0 aromatic heterocycles. The predicted octanol–water partition coefficient (Wildman–Crippen LogP) is 4.58. The van der Waals surface area contributed by atoms with Crippen LogP contribution in [0.4, 0.5) is 8.78 Å². The number of allylic oxidation sites excluding steroid dienone is 4. The molecule has 218 valence electrons. The van der Waals surface area contributed by atoms with Crippen LogP contribution in [0.2, 0.25) is 0 Å². The second-order valence-electron chi connectivity index (χ2n) is 14.3. The third kappa shape index (κ3) is 3.20. The van der Waals surface area contributed by atoms with Crippen LogP contribution in [-0.4, -0.2) is 53.0 Å². The van der Waals surface area contributed by atoms with E-state index in [2.05, 4.69) is 0 Å². The van der Waals surface area contributed by atoms with Gasteiger partial charge in [-0.1, -0.05) is 47.6 Å². The summed E-state index contributed by atoms with van der Waals surface area (Å²) >= 11 is 0. The number of nitriles is 1. The average Bonchev–Trinajstić information content (AvgIpc) is 3.17. The lowest BCUT2D eigenvalue weighted by Crippen LogP contribution is -2.71. The standard InChI is InChI=1S/C31H39F2NO6/c1-16-12-18-19-14-21(32)20-13-17(35)8-9-28(20,6)30(19,33)22(36)15-29(18,7)31(16,25(38)39-11-10-34)40-24(37)23-26(2,3)27(23,4)5/h8-9,13,16,18-19,21-23,36H,11-12,14-15H2,1-7H3/t16-,18-,19+,21+,22-,28-,29-,30-,31+/m1/s1. The van der Waals surface area contributed by atoms with Gasteiger partial charge in [-0.05, 0) is 60.7 Å². The van der Waals surface area contributed by atoms with Crippen molar-refractivity contribution < 1.29 is 37.7 Å². The number of alkyl halides is 2. The minimum Gasteiger partial charge on any atom is -0.447 e. The molecule has 40 heavy (non-hydrogen) atoms. The average molecular weight is 560 g/mol. The number of aliphatic hydroxyl groups is 1. The fraction of sp³-hybridized carbons (Fsp3) is 0.742. The molecule has 0 unspecified atom stereocenters. The third-order valence-corrected chi connectivity index (χ3v) is 12.3. The van der Waals surface area contributed by atoms with Crippen LogP contribution in [0.3, 0.4) is 0 Å². The van der Waals surface area contributed by atoms with Crippen LogP contribution in [0.15, 0.2) is 23.8 Å². The Labute approximate surface area is 234 Å². The summed E-state index contributed by atoms with van der Waals surface area (Å²) in [6.45, 7) is 12.1. The first-order valence-electron chi connectivity index (χ1n) is 14.1. The molecule has 1 N–H and O–H groups in total. The number of fused-ring (bicyclic) bond motifs is 5. The molecule has 9 heteroatoms. The second-order valence-corrected chi connectivity index (χ2v) is 14.3. The molecule has 0 bridgehead atoms. The summed E-state index contributed by atoms with van der Waals surface area (Å²) in [5.74, 6) is -4.80. The number of nitrogens with zero attached hydrogens (tertiary/aromatic N) is 1. The minimum atomic E-state index is -2.33. The van der Waals surface area contributed by atoms with E-state index in [1.165, 1.54) is 19.1 Å². The summed E-state index contributed by atoms with van der Waals surface area (Å²) in [5, 5.41) is 20.8. The van der Waals surface area contributed by atoms with E-state index in [1.807, 2.05) is 27.7 Å². The molecule has 0 radical (unpaired) electrons. The maximum Gasteiger partial charge on any atom is 0.352 e. The Morgan fingerprint density at radius 2 is 1.75 bits per heavy atom. The number of aliphatic hydroxyl groups excluding tert-OH is 1. The van der Waals surface area contributed by atoms with Gasteiger partial charge in [-0.3, -0.25) is 9.59 Å². The van der Waals surface area contributed by atoms with E-state index in [1.54, 1.807) is 19.9 Å². The lowest BCUT2D eigenvalue weighted by Gasteiger charge is -2.63. The normalized spacial score (nSPS) is 46.3. The summed E-state index contributed by atoms with van der Waals surface area (Å²) in [7, 11) is 0. The molecule has 5 aliphatic carbocycles. The lowest BCUT2D eigenvalue weighted by atomic mass is 9.44. The van der Waals surface area contributed by atoms with Crippen molar-refractivity contribution in [3.05, 3.63) is 23.8 Å². The second kappa shape index (κ2) is 8.47. The van der Waals surface area contributed by atoms with Gasteiger partial charge in [-0.15, -0.1) is 0 Å². The van der Waals surface area contributed by atoms with E-state index in [-0.39, 0.29) is 24.8 Å². The Morgan fingerprint density at radius 1 is 1.12 bits per heavy atom. The molecule has 0 heterocycles. The molecule has 0 aromatic carbocycles. The van der Waals surface area contributed by atoms with Gasteiger partial charge in [0.1, 0.15) is 12.2 Å². The van der Waals surface area contributed by atoms with E-state index < -0.39 is 93.2 Å². The Balaban J connectivity index is 1.62. The molecular formula is C31H39F2NO6. The van der Waals surface area contributed by atoms with Gasteiger partial charge < -0.3 is 14.6 Å². The molecule has 0 spiro atoms. The van der Waals surface area contributed by atoms with Crippen LogP contribution in [0, 0.1) is 56.7 Å². The van der Waals surface area contributed by atoms with E-state index >= 15 is 8.78 Å². The van der Waals surface area contributed by atoms with Gasteiger partial charge in [-0.25, -0.2) is 13.6 Å². The van der Waals surface area contributed by atoms with Crippen molar-refractivity contribution in [2.75, 3.05) is 6.61 Å². The molecule has 9 atom stereocenters. The van der Waals surface area contributed by atoms with Crippen LogP contribution < -0.4 is 0 Å². The summed E-state index contributed by atoms with van der Waals surface area (Å²) in [6, 6.07) is 1.77. The Bertz CT molecular complexity index is 1270. The smallest absolute Gasteiger partial charge is 0.352 e. The fourth-order valence-electron chi connectivity index (χ4n) is 9.43. The zero-order valence-electron chi connectivity index (χ0n) is 24.2. The Hall–Kier alpha value is -2.60. The molecule has 0 aliphatic heterocycles. The fourth-order valence-corrected chi connectivity index (χ4v) is 9.43. The monoisotopic (exact) mass is 559 g/mol. The highest BCUT2D eigenvalue weighted by Crippen LogP contribution is 2.73. The quantitative estimate of drug-likeness (QED) is 0.502. The number of hydrogen-bond donors (Lipinski definition) is 1. The summed E-state index contributed by atoms with van der Waals surface area (Å²) in [4.78, 5) is 39.7. The van der Waals surface area contributed by atoms with Gasteiger partial charge in [0.25, 0.3) is 0 Å². The van der Waals surface area contributed by atoms with E-state index in [9.17, 15) is 19.5 Å².